The standard InChI is InChI=1S/C21H32N2OSi/c1-21(2,3)25(4,5)24-13-14-9-17-16-7-6-8-18-20(16)15(12-23-18)10-19(17)22-11-14/h6-8,12,14,17,19,22-23H,9-11,13H2,1-5H3. The molecule has 1 aliphatic carbocycles. The minimum absolute atomic E-state index is 0.286. The molecule has 4 heteroatoms. The fourth-order valence-corrected chi connectivity index (χ4v) is 5.37. The van der Waals surface area contributed by atoms with Gasteiger partial charge in [-0.3, -0.25) is 0 Å². The lowest BCUT2D eigenvalue weighted by atomic mass is 9.73. The number of aromatic amines is 1. The van der Waals surface area contributed by atoms with Crippen LogP contribution in [0.25, 0.3) is 10.9 Å². The topological polar surface area (TPSA) is 37.0 Å². The third kappa shape index (κ3) is 2.98. The molecule has 2 aromatic rings. The van der Waals surface area contributed by atoms with E-state index in [0.717, 1.165) is 19.6 Å². The van der Waals surface area contributed by atoms with Gasteiger partial charge in [0.1, 0.15) is 0 Å². The smallest absolute Gasteiger partial charge is 0.191 e. The minimum Gasteiger partial charge on any atom is -0.416 e. The molecular formula is C21H32N2OSi. The molecule has 2 aliphatic rings. The zero-order valence-electron chi connectivity index (χ0n) is 16.3. The molecular weight excluding hydrogens is 324 g/mol. The highest BCUT2D eigenvalue weighted by atomic mass is 28.4. The molecule has 0 spiro atoms. The van der Waals surface area contributed by atoms with Gasteiger partial charge in [-0.05, 0) is 54.1 Å². The summed E-state index contributed by atoms with van der Waals surface area (Å²) in [7, 11) is -1.66. The summed E-state index contributed by atoms with van der Waals surface area (Å²) < 4.78 is 6.53. The Balaban J connectivity index is 1.51. The van der Waals surface area contributed by atoms with Gasteiger partial charge in [-0.1, -0.05) is 32.9 Å². The summed E-state index contributed by atoms with van der Waals surface area (Å²) in [6.45, 7) is 13.7. The van der Waals surface area contributed by atoms with Gasteiger partial charge >= 0.3 is 0 Å². The summed E-state index contributed by atoms with van der Waals surface area (Å²) in [6, 6.07) is 7.33. The van der Waals surface area contributed by atoms with E-state index in [0.29, 0.717) is 17.9 Å². The van der Waals surface area contributed by atoms with E-state index in [2.05, 4.69) is 68.6 Å². The van der Waals surface area contributed by atoms with Crippen LogP contribution in [0.3, 0.4) is 0 Å². The predicted molar refractivity (Wildman–Crippen MR) is 108 cm³/mol. The van der Waals surface area contributed by atoms with Gasteiger partial charge in [-0.15, -0.1) is 0 Å². The largest absolute Gasteiger partial charge is 0.416 e. The van der Waals surface area contributed by atoms with Crippen LogP contribution in [0.15, 0.2) is 24.4 Å². The van der Waals surface area contributed by atoms with E-state index in [1.165, 1.54) is 28.5 Å². The van der Waals surface area contributed by atoms with Crippen LogP contribution in [0, 0.1) is 5.92 Å². The Labute approximate surface area is 152 Å². The van der Waals surface area contributed by atoms with Crippen molar-refractivity contribution in [3.63, 3.8) is 0 Å². The Bertz CT molecular complexity index is 774. The molecule has 0 amide bonds. The zero-order chi connectivity index (χ0) is 17.8. The highest BCUT2D eigenvalue weighted by Crippen LogP contribution is 2.42. The summed E-state index contributed by atoms with van der Waals surface area (Å²) in [6.07, 6.45) is 4.60. The Kier molecular flexibility index (Phi) is 4.13. The van der Waals surface area contributed by atoms with Crippen molar-refractivity contribution in [3.05, 3.63) is 35.5 Å². The zero-order valence-corrected chi connectivity index (χ0v) is 17.3. The fourth-order valence-electron chi connectivity index (χ4n) is 4.29. The molecule has 0 radical (unpaired) electrons. The Morgan fingerprint density at radius 3 is 2.80 bits per heavy atom. The Hall–Kier alpha value is -1.10. The Morgan fingerprint density at radius 2 is 2.04 bits per heavy atom. The first-order chi connectivity index (χ1) is 11.8. The average molecular weight is 357 g/mol. The second-order valence-corrected chi connectivity index (χ2v) is 14.4. The summed E-state index contributed by atoms with van der Waals surface area (Å²) >= 11 is 0. The van der Waals surface area contributed by atoms with E-state index in [-0.39, 0.29) is 5.04 Å². The van der Waals surface area contributed by atoms with Crippen LogP contribution in [0.2, 0.25) is 18.1 Å². The molecule has 4 rings (SSSR count). The van der Waals surface area contributed by atoms with Gasteiger partial charge in [0.25, 0.3) is 0 Å². The minimum atomic E-state index is -1.66. The van der Waals surface area contributed by atoms with Crippen molar-refractivity contribution in [1.29, 1.82) is 0 Å². The van der Waals surface area contributed by atoms with Crippen molar-refractivity contribution in [1.82, 2.24) is 10.3 Å². The quantitative estimate of drug-likeness (QED) is 0.775. The van der Waals surface area contributed by atoms with Crippen molar-refractivity contribution in [2.75, 3.05) is 13.2 Å². The number of nitrogens with one attached hydrogen (secondary N) is 2. The van der Waals surface area contributed by atoms with E-state index in [9.17, 15) is 0 Å². The number of fused-ring (bicyclic) bond motifs is 2. The average Bonchev–Trinajstić information content (AvgIpc) is 2.97. The number of piperidine rings is 1. The monoisotopic (exact) mass is 356 g/mol. The third-order valence-corrected chi connectivity index (χ3v) is 11.4. The first-order valence-electron chi connectivity index (χ1n) is 9.72. The number of H-pyrrole nitrogens is 1. The molecule has 2 heterocycles. The SMILES string of the molecule is CC(C)(C)[Si](C)(C)OCC1CNC2Cc3c[nH]c4cccc(c34)C2C1. The van der Waals surface area contributed by atoms with Gasteiger partial charge in [0.2, 0.25) is 0 Å². The van der Waals surface area contributed by atoms with Crippen molar-refractivity contribution >= 4 is 19.2 Å². The van der Waals surface area contributed by atoms with Gasteiger partial charge in [0.05, 0.1) is 0 Å². The van der Waals surface area contributed by atoms with Crippen LogP contribution in [-0.4, -0.2) is 32.5 Å². The molecule has 25 heavy (non-hydrogen) atoms. The number of aromatic nitrogens is 1. The van der Waals surface area contributed by atoms with Gasteiger partial charge < -0.3 is 14.7 Å². The van der Waals surface area contributed by atoms with Crippen LogP contribution >= 0.6 is 0 Å². The first kappa shape index (κ1) is 17.3. The maximum Gasteiger partial charge on any atom is 0.191 e. The number of benzene rings is 1. The number of rotatable bonds is 3. The van der Waals surface area contributed by atoms with E-state index < -0.39 is 8.32 Å². The lowest BCUT2D eigenvalue weighted by Crippen LogP contribution is -2.49. The highest BCUT2D eigenvalue weighted by Gasteiger charge is 2.40. The van der Waals surface area contributed by atoms with E-state index >= 15 is 0 Å². The summed E-state index contributed by atoms with van der Waals surface area (Å²) in [5, 5.41) is 5.61. The van der Waals surface area contributed by atoms with Gasteiger partial charge in [-0.25, -0.2) is 0 Å². The first-order valence-corrected chi connectivity index (χ1v) is 12.6. The second-order valence-electron chi connectivity index (χ2n) is 9.58. The molecule has 1 aliphatic heterocycles. The summed E-state index contributed by atoms with van der Waals surface area (Å²) in [5.74, 6) is 1.24. The molecule has 1 fully saturated rings. The van der Waals surface area contributed by atoms with Gasteiger partial charge in [0.15, 0.2) is 8.32 Å². The predicted octanol–water partition coefficient (Wildman–Crippen LogP) is 4.81. The number of hydrogen-bond acceptors (Lipinski definition) is 2. The van der Waals surface area contributed by atoms with Gasteiger partial charge in [-0.2, -0.15) is 0 Å². The molecule has 3 unspecified atom stereocenters. The maximum atomic E-state index is 6.53. The fraction of sp³-hybridized carbons (Fsp3) is 0.619. The van der Waals surface area contributed by atoms with Crippen LogP contribution in [-0.2, 0) is 10.8 Å². The van der Waals surface area contributed by atoms with Crippen molar-refractivity contribution in [2.45, 2.75) is 63.7 Å². The second kappa shape index (κ2) is 5.97. The lowest BCUT2D eigenvalue weighted by Gasteiger charge is -2.42. The van der Waals surface area contributed by atoms with Crippen molar-refractivity contribution in [2.24, 2.45) is 5.92 Å². The van der Waals surface area contributed by atoms with Gasteiger partial charge in [0, 0.05) is 42.2 Å². The Morgan fingerprint density at radius 1 is 1.24 bits per heavy atom. The van der Waals surface area contributed by atoms with Crippen LogP contribution in [0.4, 0.5) is 0 Å². The van der Waals surface area contributed by atoms with E-state index in [1.54, 1.807) is 0 Å². The van der Waals surface area contributed by atoms with Crippen molar-refractivity contribution < 1.29 is 4.43 Å². The lowest BCUT2D eigenvalue weighted by molar-refractivity contribution is 0.172. The number of hydrogen-bond donors (Lipinski definition) is 2. The van der Waals surface area contributed by atoms with E-state index in [1.807, 2.05) is 0 Å². The molecule has 1 aromatic carbocycles. The van der Waals surface area contributed by atoms with E-state index in [4.69, 9.17) is 4.43 Å². The summed E-state index contributed by atoms with van der Waals surface area (Å²) in [4.78, 5) is 3.46. The van der Waals surface area contributed by atoms with Crippen LogP contribution in [0.1, 0.15) is 44.2 Å². The third-order valence-electron chi connectivity index (χ3n) is 6.89. The molecule has 3 atom stereocenters. The van der Waals surface area contributed by atoms with Crippen LogP contribution < -0.4 is 5.32 Å². The molecule has 1 aromatic heterocycles. The van der Waals surface area contributed by atoms with Crippen LogP contribution in [0.5, 0.6) is 0 Å². The molecule has 2 N–H and O–H groups in total. The molecule has 0 saturated carbocycles. The summed E-state index contributed by atoms with van der Waals surface area (Å²) in [5.41, 5.74) is 4.32. The van der Waals surface area contributed by atoms with Crippen molar-refractivity contribution in [3.8, 4) is 0 Å². The molecule has 136 valence electrons. The maximum absolute atomic E-state index is 6.53. The molecule has 3 nitrogen and oxygen atoms in total. The molecule has 1 saturated heterocycles. The molecule has 0 bridgehead atoms. The normalized spacial score (nSPS) is 26.7. The highest BCUT2D eigenvalue weighted by molar-refractivity contribution is 6.74.